The summed E-state index contributed by atoms with van der Waals surface area (Å²) in [5.41, 5.74) is 2.68. The van der Waals surface area contributed by atoms with E-state index in [0.29, 0.717) is 6.04 Å². The van der Waals surface area contributed by atoms with Crippen LogP contribution >= 0.6 is 0 Å². The van der Waals surface area contributed by atoms with Crippen LogP contribution in [-0.2, 0) is 4.74 Å². The van der Waals surface area contributed by atoms with Crippen molar-refractivity contribution >= 4 is 5.96 Å². The largest absolute Gasteiger partial charge is 0.385 e. The number of ether oxygens (including phenoxy) is 1. The zero-order chi connectivity index (χ0) is 13.4. The second kappa shape index (κ2) is 8.29. The Balaban J connectivity index is 2.38. The summed E-state index contributed by atoms with van der Waals surface area (Å²) < 4.78 is 5.00. The molecule has 0 aromatic rings. The molecule has 0 amide bonds. The van der Waals surface area contributed by atoms with E-state index in [0.717, 1.165) is 32.1 Å². The molecule has 0 spiro atoms. The van der Waals surface area contributed by atoms with Crippen LogP contribution in [-0.4, -0.2) is 69.2 Å². The number of rotatable bonds is 6. The van der Waals surface area contributed by atoms with Gasteiger partial charge in [0.15, 0.2) is 0 Å². The van der Waals surface area contributed by atoms with Crippen LogP contribution in [0.25, 0.3) is 0 Å². The summed E-state index contributed by atoms with van der Waals surface area (Å²) in [5, 5.41) is 0. The Kier molecular flexibility index (Phi) is 7.00. The highest BCUT2D eigenvalue weighted by Gasteiger charge is 2.22. The topological polar surface area (TPSA) is 66.1 Å². The Morgan fingerprint density at radius 3 is 2.94 bits per heavy atom. The number of nitrogens with zero attached hydrogens (tertiary/aromatic N) is 3. The molecular formula is C12H27N5O. The van der Waals surface area contributed by atoms with Crippen molar-refractivity contribution in [2.24, 2.45) is 10.8 Å². The lowest BCUT2D eigenvalue weighted by Crippen LogP contribution is -2.47. The Bertz CT molecular complexity index is 259. The molecule has 6 heteroatoms. The summed E-state index contributed by atoms with van der Waals surface area (Å²) in [6, 6.07) is 0.604. The molecule has 0 aromatic carbocycles. The SMILES string of the molecule is COCCCN=C(NN)N(C)CC1CCCN1C. The predicted molar refractivity (Wildman–Crippen MR) is 74.4 cm³/mol. The standard InChI is InChI=1S/C12H27N5O/c1-16-8-4-6-11(16)10-17(2)12(15-13)14-7-5-9-18-3/h11H,4-10,13H2,1-3H3,(H,14,15). The van der Waals surface area contributed by atoms with Gasteiger partial charge in [-0.25, -0.2) is 5.84 Å². The van der Waals surface area contributed by atoms with E-state index in [1.807, 2.05) is 7.05 Å². The van der Waals surface area contributed by atoms with E-state index in [1.54, 1.807) is 7.11 Å². The lowest BCUT2D eigenvalue weighted by molar-refractivity contribution is 0.196. The summed E-state index contributed by atoms with van der Waals surface area (Å²) in [4.78, 5) is 8.95. The lowest BCUT2D eigenvalue weighted by Gasteiger charge is -2.27. The van der Waals surface area contributed by atoms with Crippen molar-refractivity contribution in [3.8, 4) is 0 Å². The molecule has 1 atom stereocenters. The number of methoxy groups -OCH3 is 1. The minimum atomic E-state index is 0.604. The van der Waals surface area contributed by atoms with Crippen molar-refractivity contribution in [3.63, 3.8) is 0 Å². The molecule has 1 aliphatic heterocycles. The van der Waals surface area contributed by atoms with Gasteiger partial charge in [-0.15, -0.1) is 0 Å². The molecule has 1 unspecified atom stereocenters. The first-order valence-electron chi connectivity index (χ1n) is 6.60. The van der Waals surface area contributed by atoms with Crippen molar-refractivity contribution in [1.29, 1.82) is 0 Å². The summed E-state index contributed by atoms with van der Waals surface area (Å²) in [7, 11) is 5.91. The molecule has 1 fully saturated rings. The fourth-order valence-electron chi connectivity index (χ4n) is 2.28. The molecule has 1 saturated heterocycles. The number of aliphatic imine (C=N–C) groups is 1. The van der Waals surface area contributed by atoms with Crippen LogP contribution < -0.4 is 11.3 Å². The number of hydrogen-bond acceptors (Lipinski definition) is 4. The normalized spacial score (nSPS) is 21.3. The second-order valence-corrected chi connectivity index (χ2v) is 4.85. The first-order chi connectivity index (χ1) is 8.69. The smallest absolute Gasteiger partial charge is 0.208 e. The molecule has 106 valence electrons. The fourth-order valence-corrected chi connectivity index (χ4v) is 2.28. The summed E-state index contributed by atoms with van der Waals surface area (Å²) in [6.07, 6.45) is 3.45. The van der Waals surface area contributed by atoms with E-state index < -0.39 is 0 Å². The third-order valence-corrected chi connectivity index (χ3v) is 3.41. The van der Waals surface area contributed by atoms with Crippen molar-refractivity contribution in [2.75, 3.05) is 47.4 Å². The minimum Gasteiger partial charge on any atom is -0.385 e. The first kappa shape index (κ1) is 15.2. The highest BCUT2D eigenvalue weighted by atomic mass is 16.5. The van der Waals surface area contributed by atoms with Gasteiger partial charge in [0.05, 0.1) is 0 Å². The molecule has 0 aliphatic carbocycles. The molecule has 1 aliphatic rings. The van der Waals surface area contributed by atoms with Gasteiger partial charge in [0.25, 0.3) is 0 Å². The van der Waals surface area contributed by atoms with Gasteiger partial charge in [-0.2, -0.15) is 0 Å². The van der Waals surface area contributed by atoms with E-state index in [2.05, 4.69) is 27.3 Å². The predicted octanol–water partition coefficient (Wildman–Crippen LogP) is -0.132. The van der Waals surface area contributed by atoms with E-state index >= 15 is 0 Å². The first-order valence-corrected chi connectivity index (χ1v) is 6.60. The van der Waals surface area contributed by atoms with Crippen LogP contribution in [0, 0.1) is 0 Å². The number of hydrogen-bond donors (Lipinski definition) is 2. The number of guanidine groups is 1. The van der Waals surface area contributed by atoms with Gasteiger partial charge in [-0.05, 0) is 32.9 Å². The molecular weight excluding hydrogens is 230 g/mol. The van der Waals surface area contributed by atoms with Gasteiger partial charge in [0.1, 0.15) is 0 Å². The van der Waals surface area contributed by atoms with Crippen LogP contribution in [0.15, 0.2) is 4.99 Å². The number of nitrogens with two attached hydrogens (primary N) is 1. The van der Waals surface area contributed by atoms with Crippen molar-refractivity contribution in [3.05, 3.63) is 0 Å². The third kappa shape index (κ3) is 4.80. The summed E-state index contributed by atoms with van der Waals surface area (Å²) >= 11 is 0. The minimum absolute atomic E-state index is 0.604. The number of hydrazine groups is 1. The van der Waals surface area contributed by atoms with Gasteiger partial charge in [0.2, 0.25) is 5.96 Å². The highest BCUT2D eigenvalue weighted by Crippen LogP contribution is 2.15. The van der Waals surface area contributed by atoms with Crippen LogP contribution in [0.3, 0.4) is 0 Å². The molecule has 0 bridgehead atoms. The zero-order valence-electron chi connectivity index (χ0n) is 11.9. The Labute approximate surface area is 110 Å². The molecule has 18 heavy (non-hydrogen) atoms. The average Bonchev–Trinajstić information content (AvgIpc) is 2.75. The van der Waals surface area contributed by atoms with E-state index in [9.17, 15) is 0 Å². The van der Waals surface area contributed by atoms with Gasteiger partial charge in [0, 0.05) is 39.9 Å². The van der Waals surface area contributed by atoms with Crippen LogP contribution in [0.1, 0.15) is 19.3 Å². The van der Waals surface area contributed by atoms with Crippen LogP contribution in [0.4, 0.5) is 0 Å². The van der Waals surface area contributed by atoms with Gasteiger partial charge >= 0.3 is 0 Å². The molecule has 6 nitrogen and oxygen atoms in total. The molecule has 0 saturated carbocycles. The maximum atomic E-state index is 5.53. The summed E-state index contributed by atoms with van der Waals surface area (Å²) in [5.74, 6) is 6.29. The number of nitrogens with one attached hydrogen (secondary N) is 1. The molecule has 1 rings (SSSR count). The third-order valence-electron chi connectivity index (χ3n) is 3.41. The van der Waals surface area contributed by atoms with Gasteiger partial charge in [-0.1, -0.05) is 0 Å². The van der Waals surface area contributed by atoms with E-state index in [4.69, 9.17) is 10.6 Å². The van der Waals surface area contributed by atoms with Crippen molar-refractivity contribution < 1.29 is 4.74 Å². The van der Waals surface area contributed by atoms with Gasteiger partial charge < -0.3 is 14.5 Å². The lowest BCUT2D eigenvalue weighted by atomic mass is 10.2. The van der Waals surface area contributed by atoms with Gasteiger partial charge in [-0.3, -0.25) is 10.4 Å². The van der Waals surface area contributed by atoms with Crippen LogP contribution in [0.5, 0.6) is 0 Å². The quantitative estimate of drug-likeness (QED) is 0.228. The Hall–Kier alpha value is -0.850. The maximum absolute atomic E-state index is 5.53. The summed E-state index contributed by atoms with van der Waals surface area (Å²) in [6.45, 7) is 3.62. The van der Waals surface area contributed by atoms with Crippen molar-refractivity contribution in [2.45, 2.75) is 25.3 Å². The molecule has 3 N–H and O–H groups in total. The fraction of sp³-hybridized carbons (Fsp3) is 0.917. The monoisotopic (exact) mass is 257 g/mol. The molecule has 0 radical (unpaired) electrons. The average molecular weight is 257 g/mol. The van der Waals surface area contributed by atoms with Crippen LogP contribution in [0.2, 0.25) is 0 Å². The number of likely N-dealkylation sites (tertiary alicyclic amines) is 1. The zero-order valence-corrected chi connectivity index (χ0v) is 11.9. The van der Waals surface area contributed by atoms with E-state index in [-0.39, 0.29) is 0 Å². The molecule has 0 aromatic heterocycles. The second-order valence-electron chi connectivity index (χ2n) is 4.85. The Morgan fingerprint density at radius 2 is 2.39 bits per heavy atom. The Morgan fingerprint density at radius 1 is 1.61 bits per heavy atom. The molecule has 1 heterocycles. The van der Waals surface area contributed by atoms with E-state index in [1.165, 1.54) is 19.4 Å². The highest BCUT2D eigenvalue weighted by molar-refractivity contribution is 5.79. The number of likely N-dealkylation sites (N-methyl/N-ethyl adjacent to an activating group) is 2. The maximum Gasteiger partial charge on any atom is 0.208 e. The van der Waals surface area contributed by atoms with Crippen molar-refractivity contribution in [1.82, 2.24) is 15.2 Å².